The van der Waals surface area contributed by atoms with E-state index in [9.17, 15) is 4.79 Å². The third kappa shape index (κ3) is 4.68. The van der Waals surface area contributed by atoms with Gasteiger partial charge in [-0.3, -0.25) is 0 Å². The number of amides is 2. The van der Waals surface area contributed by atoms with Gasteiger partial charge in [0.2, 0.25) is 5.95 Å². The zero-order valence-electron chi connectivity index (χ0n) is 15.0. The molecule has 2 N–H and O–H groups in total. The van der Waals surface area contributed by atoms with Crippen molar-refractivity contribution in [2.45, 2.75) is 39.7 Å². The summed E-state index contributed by atoms with van der Waals surface area (Å²) in [6.07, 6.45) is 1.77. The van der Waals surface area contributed by atoms with Gasteiger partial charge in [0, 0.05) is 36.2 Å². The zero-order valence-corrected chi connectivity index (χ0v) is 15.0. The minimum absolute atomic E-state index is 0.148. The molecule has 0 saturated carbocycles. The van der Waals surface area contributed by atoms with Crippen LogP contribution in [0.3, 0.4) is 0 Å². The molecule has 1 fully saturated rings. The van der Waals surface area contributed by atoms with Crippen LogP contribution in [-0.4, -0.2) is 35.1 Å². The lowest BCUT2D eigenvalue weighted by atomic mass is 10.1. The first-order valence-electron chi connectivity index (χ1n) is 8.71. The van der Waals surface area contributed by atoms with Crippen molar-refractivity contribution < 1.29 is 4.79 Å². The number of carbonyl (C=O) groups excluding carboxylic acids is 1. The summed E-state index contributed by atoms with van der Waals surface area (Å²) >= 11 is 0. The molecule has 1 aliphatic heterocycles. The average Bonchev–Trinajstić information content (AvgIpc) is 2.57. The lowest BCUT2D eigenvalue weighted by Crippen LogP contribution is -2.46. The first-order chi connectivity index (χ1) is 12.0. The van der Waals surface area contributed by atoms with Gasteiger partial charge in [-0.1, -0.05) is 17.7 Å². The lowest BCUT2D eigenvalue weighted by molar-refractivity contribution is 0.246. The van der Waals surface area contributed by atoms with Crippen molar-refractivity contribution in [3.05, 3.63) is 47.3 Å². The van der Waals surface area contributed by atoms with Gasteiger partial charge in [-0.15, -0.1) is 0 Å². The summed E-state index contributed by atoms with van der Waals surface area (Å²) in [4.78, 5) is 23.4. The first kappa shape index (κ1) is 17.2. The number of hydrogen-bond donors (Lipinski definition) is 2. The van der Waals surface area contributed by atoms with Crippen molar-refractivity contribution in [3.8, 4) is 0 Å². The fraction of sp³-hybridized carbons (Fsp3) is 0.421. The number of anilines is 2. The highest BCUT2D eigenvalue weighted by Gasteiger charge is 2.22. The molecule has 0 aliphatic carbocycles. The Kier molecular flexibility index (Phi) is 5.16. The number of aryl methyl sites for hydroxylation is 3. The van der Waals surface area contributed by atoms with Crippen LogP contribution in [0.1, 0.15) is 29.8 Å². The maximum atomic E-state index is 12.1. The summed E-state index contributed by atoms with van der Waals surface area (Å²) in [6.45, 7) is 7.69. The summed E-state index contributed by atoms with van der Waals surface area (Å²) in [7, 11) is 0. The molecule has 1 saturated heterocycles. The third-order valence-corrected chi connectivity index (χ3v) is 4.39. The molecular formula is C19H25N5O. The maximum absolute atomic E-state index is 12.1. The molecule has 25 heavy (non-hydrogen) atoms. The van der Waals surface area contributed by atoms with E-state index in [1.54, 1.807) is 0 Å². The maximum Gasteiger partial charge on any atom is 0.319 e. The van der Waals surface area contributed by atoms with Crippen LogP contribution < -0.4 is 15.5 Å². The second kappa shape index (κ2) is 7.51. The number of rotatable bonds is 3. The molecule has 1 aromatic heterocycles. The van der Waals surface area contributed by atoms with E-state index in [1.807, 2.05) is 51.1 Å². The molecule has 0 atom stereocenters. The van der Waals surface area contributed by atoms with Crippen LogP contribution >= 0.6 is 0 Å². The number of aromatic nitrogens is 2. The van der Waals surface area contributed by atoms with E-state index in [0.717, 1.165) is 49.0 Å². The van der Waals surface area contributed by atoms with E-state index in [1.165, 1.54) is 5.56 Å². The summed E-state index contributed by atoms with van der Waals surface area (Å²) in [5.74, 6) is 0.792. The van der Waals surface area contributed by atoms with E-state index in [2.05, 4.69) is 25.5 Å². The fourth-order valence-corrected chi connectivity index (χ4v) is 3.06. The van der Waals surface area contributed by atoms with Gasteiger partial charge in [0.05, 0.1) is 0 Å². The van der Waals surface area contributed by atoms with Crippen LogP contribution in [0.4, 0.5) is 16.4 Å². The standard InChI is InChI=1S/C19H25N5O/c1-13-4-6-16(7-5-13)22-19(25)23-17-8-10-24(11-9-17)18-20-14(2)12-15(3)21-18/h4-7,12,17H,8-11H2,1-3H3,(H2,22,23,25). The van der Waals surface area contributed by atoms with Crippen molar-refractivity contribution in [1.29, 1.82) is 0 Å². The number of nitrogens with zero attached hydrogens (tertiary/aromatic N) is 3. The highest BCUT2D eigenvalue weighted by Crippen LogP contribution is 2.17. The molecule has 6 nitrogen and oxygen atoms in total. The van der Waals surface area contributed by atoms with Crippen LogP contribution in [0.15, 0.2) is 30.3 Å². The predicted octanol–water partition coefficient (Wildman–Crippen LogP) is 3.19. The Morgan fingerprint density at radius 2 is 1.64 bits per heavy atom. The van der Waals surface area contributed by atoms with E-state index in [4.69, 9.17) is 0 Å². The number of carbonyl (C=O) groups is 1. The molecule has 1 aromatic carbocycles. The molecule has 0 unspecified atom stereocenters. The number of benzene rings is 1. The number of urea groups is 1. The van der Waals surface area contributed by atoms with E-state index < -0.39 is 0 Å². The van der Waals surface area contributed by atoms with Gasteiger partial charge < -0.3 is 15.5 Å². The topological polar surface area (TPSA) is 70.2 Å². The summed E-state index contributed by atoms with van der Waals surface area (Å²) in [6, 6.07) is 9.80. The van der Waals surface area contributed by atoms with Gasteiger partial charge in [0.25, 0.3) is 0 Å². The summed E-state index contributed by atoms with van der Waals surface area (Å²) < 4.78 is 0. The Balaban J connectivity index is 1.50. The second-order valence-corrected chi connectivity index (χ2v) is 6.68. The zero-order chi connectivity index (χ0) is 17.8. The Morgan fingerprint density at radius 3 is 2.24 bits per heavy atom. The molecule has 2 heterocycles. The van der Waals surface area contributed by atoms with E-state index in [-0.39, 0.29) is 12.1 Å². The molecule has 3 rings (SSSR count). The smallest absolute Gasteiger partial charge is 0.319 e. The number of nitrogens with one attached hydrogen (secondary N) is 2. The molecular weight excluding hydrogens is 314 g/mol. The van der Waals surface area contributed by atoms with Gasteiger partial charge in [-0.2, -0.15) is 0 Å². The SMILES string of the molecule is Cc1ccc(NC(=O)NC2CCN(c3nc(C)cc(C)n3)CC2)cc1. The van der Waals surface area contributed by atoms with Gasteiger partial charge in [0.1, 0.15) is 0 Å². The van der Waals surface area contributed by atoms with Crippen LogP contribution in [-0.2, 0) is 0 Å². The van der Waals surface area contributed by atoms with Crippen LogP contribution in [0.25, 0.3) is 0 Å². The van der Waals surface area contributed by atoms with Crippen molar-refractivity contribution >= 4 is 17.7 Å². The van der Waals surface area contributed by atoms with Gasteiger partial charge in [0.15, 0.2) is 0 Å². The molecule has 0 radical (unpaired) electrons. The largest absolute Gasteiger partial charge is 0.341 e. The average molecular weight is 339 g/mol. The molecule has 2 aromatic rings. The minimum Gasteiger partial charge on any atom is -0.341 e. The Bertz CT molecular complexity index is 716. The summed E-state index contributed by atoms with van der Waals surface area (Å²) in [5.41, 5.74) is 3.96. The minimum atomic E-state index is -0.148. The third-order valence-electron chi connectivity index (χ3n) is 4.39. The molecule has 6 heteroatoms. The fourth-order valence-electron chi connectivity index (χ4n) is 3.06. The van der Waals surface area contributed by atoms with Gasteiger partial charge >= 0.3 is 6.03 Å². The van der Waals surface area contributed by atoms with Crippen LogP contribution in [0.2, 0.25) is 0 Å². The number of piperidine rings is 1. The predicted molar refractivity (Wildman–Crippen MR) is 100 cm³/mol. The molecule has 0 bridgehead atoms. The second-order valence-electron chi connectivity index (χ2n) is 6.68. The Labute approximate surface area is 148 Å². The quantitative estimate of drug-likeness (QED) is 0.901. The van der Waals surface area contributed by atoms with E-state index >= 15 is 0 Å². The number of hydrogen-bond acceptors (Lipinski definition) is 4. The highest BCUT2D eigenvalue weighted by molar-refractivity contribution is 5.89. The van der Waals surface area contributed by atoms with Crippen LogP contribution in [0, 0.1) is 20.8 Å². The molecule has 132 valence electrons. The normalized spacial score (nSPS) is 15.1. The molecule has 1 aliphatic rings. The van der Waals surface area contributed by atoms with Gasteiger partial charge in [-0.25, -0.2) is 14.8 Å². The molecule has 0 spiro atoms. The monoisotopic (exact) mass is 339 g/mol. The Hall–Kier alpha value is -2.63. The van der Waals surface area contributed by atoms with Crippen molar-refractivity contribution in [2.75, 3.05) is 23.3 Å². The first-order valence-corrected chi connectivity index (χ1v) is 8.71. The lowest BCUT2D eigenvalue weighted by Gasteiger charge is -2.32. The van der Waals surface area contributed by atoms with Gasteiger partial charge in [-0.05, 0) is 51.8 Å². The van der Waals surface area contributed by atoms with E-state index in [0.29, 0.717) is 0 Å². The Morgan fingerprint density at radius 1 is 1.04 bits per heavy atom. The van der Waals surface area contributed by atoms with Crippen molar-refractivity contribution in [2.24, 2.45) is 0 Å². The van der Waals surface area contributed by atoms with Crippen molar-refractivity contribution in [3.63, 3.8) is 0 Å². The summed E-state index contributed by atoms with van der Waals surface area (Å²) in [5, 5.41) is 5.95. The highest BCUT2D eigenvalue weighted by atomic mass is 16.2. The van der Waals surface area contributed by atoms with Crippen molar-refractivity contribution in [1.82, 2.24) is 15.3 Å². The molecule has 2 amide bonds. The van der Waals surface area contributed by atoms with Crippen LogP contribution in [0.5, 0.6) is 0 Å².